The number of hydrogen-bond donors (Lipinski definition) is 1. The molecule has 0 aliphatic carbocycles. The summed E-state index contributed by atoms with van der Waals surface area (Å²) in [5, 5.41) is 2.90. The lowest BCUT2D eigenvalue weighted by atomic mass is 9.97. The molecule has 116 valence electrons. The molecule has 2 rings (SSSR count). The topological polar surface area (TPSA) is 66.5 Å². The van der Waals surface area contributed by atoms with Crippen molar-refractivity contribution in [2.45, 2.75) is 17.7 Å². The standard InChI is InChI=1S/C14H20N2O3S2/c1-20-13-5-3-12(4-6-13)15-14(17)11-7-9-16(10-8-11)21(2,18)19/h3-6,11H,7-10H2,1-2H3,(H,15,17). The molecule has 0 atom stereocenters. The van der Waals surface area contributed by atoms with Crippen molar-refractivity contribution in [3.8, 4) is 0 Å². The first-order valence-electron chi connectivity index (χ1n) is 6.80. The molecule has 1 saturated heterocycles. The highest BCUT2D eigenvalue weighted by Crippen LogP contribution is 2.22. The molecule has 0 spiro atoms. The van der Waals surface area contributed by atoms with E-state index in [-0.39, 0.29) is 11.8 Å². The second-order valence-corrected chi connectivity index (χ2v) is 8.02. The van der Waals surface area contributed by atoms with Gasteiger partial charge in [-0.2, -0.15) is 0 Å². The maximum absolute atomic E-state index is 12.2. The van der Waals surface area contributed by atoms with Gasteiger partial charge in [0.1, 0.15) is 0 Å². The van der Waals surface area contributed by atoms with Crippen LogP contribution >= 0.6 is 11.8 Å². The van der Waals surface area contributed by atoms with Gasteiger partial charge in [-0.1, -0.05) is 0 Å². The maximum atomic E-state index is 12.2. The van der Waals surface area contributed by atoms with Crippen molar-refractivity contribution in [1.82, 2.24) is 4.31 Å². The minimum atomic E-state index is -3.14. The summed E-state index contributed by atoms with van der Waals surface area (Å²) in [5.41, 5.74) is 0.781. The van der Waals surface area contributed by atoms with E-state index >= 15 is 0 Å². The monoisotopic (exact) mass is 328 g/mol. The van der Waals surface area contributed by atoms with E-state index in [1.807, 2.05) is 30.5 Å². The summed E-state index contributed by atoms with van der Waals surface area (Å²) in [4.78, 5) is 13.3. The van der Waals surface area contributed by atoms with Crippen molar-refractivity contribution in [1.29, 1.82) is 0 Å². The molecule has 0 radical (unpaired) electrons. The summed E-state index contributed by atoms with van der Waals surface area (Å²) < 4.78 is 24.3. The number of carbonyl (C=O) groups is 1. The molecule has 0 saturated carbocycles. The van der Waals surface area contributed by atoms with Gasteiger partial charge in [-0.25, -0.2) is 12.7 Å². The first-order chi connectivity index (χ1) is 9.90. The molecule has 1 fully saturated rings. The molecule has 1 N–H and O–H groups in total. The van der Waals surface area contributed by atoms with Crippen LogP contribution in [0.5, 0.6) is 0 Å². The summed E-state index contributed by atoms with van der Waals surface area (Å²) in [6.45, 7) is 0.838. The zero-order valence-electron chi connectivity index (χ0n) is 12.2. The Bertz CT molecular complexity index is 591. The number of piperidine rings is 1. The van der Waals surface area contributed by atoms with E-state index in [0.717, 1.165) is 10.6 Å². The highest BCUT2D eigenvalue weighted by Gasteiger charge is 2.28. The molecule has 0 aromatic heterocycles. The van der Waals surface area contributed by atoms with Gasteiger partial charge in [0, 0.05) is 29.6 Å². The Balaban J connectivity index is 1.90. The molecule has 21 heavy (non-hydrogen) atoms. The summed E-state index contributed by atoms with van der Waals surface area (Å²) in [6, 6.07) is 7.70. The van der Waals surface area contributed by atoms with Crippen LogP contribution in [0.15, 0.2) is 29.2 Å². The van der Waals surface area contributed by atoms with Crippen LogP contribution in [-0.4, -0.2) is 44.2 Å². The van der Waals surface area contributed by atoms with E-state index < -0.39 is 10.0 Å². The van der Waals surface area contributed by atoms with E-state index in [1.54, 1.807) is 11.8 Å². The molecular formula is C14H20N2O3S2. The van der Waals surface area contributed by atoms with Gasteiger partial charge in [0.25, 0.3) is 0 Å². The number of sulfonamides is 1. The van der Waals surface area contributed by atoms with Crippen LogP contribution in [0.2, 0.25) is 0 Å². The van der Waals surface area contributed by atoms with Crippen molar-refractivity contribution < 1.29 is 13.2 Å². The second kappa shape index (κ2) is 6.81. The number of hydrogen-bond acceptors (Lipinski definition) is 4. The number of amides is 1. The molecule has 1 amide bonds. The fourth-order valence-electron chi connectivity index (χ4n) is 2.37. The molecule has 5 nitrogen and oxygen atoms in total. The molecule has 1 aliphatic rings. The third kappa shape index (κ3) is 4.46. The Labute approximate surface area is 130 Å². The lowest BCUT2D eigenvalue weighted by Gasteiger charge is -2.29. The Morgan fingerprint density at radius 1 is 1.24 bits per heavy atom. The van der Waals surface area contributed by atoms with Crippen molar-refractivity contribution >= 4 is 33.4 Å². The van der Waals surface area contributed by atoms with Gasteiger partial charge in [0.15, 0.2) is 0 Å². The lowest BCUT2D eigenvalue weighted by molar-refractivity contribution is -0.120. The molecule has 1 aliphatic heterocycles. The molecule has 1 heterocycles. The van der Waals surface area contributed by atoms with Crippen LogP contribution in [0.1, 0.15) is 12.8 Å². The van der Waals surface area contributed by atoms with Crippen LogP contribution in [0.3, 0.4) is 0 Å². The lowest BCUT2D eigenvalue weighted by Crippen LogP contribution is -2.40. The van der Waals surface area contributed by atoms with E-state index in [1.165, 1.54) is 10.6 Å². The van der Waals surface area contributed by atoms with Crippen LogP contribution in [-0.2, 0) is 14.8 Å². The van der Waals surface area contributed by atoms with Crippen molar-refractivity contribution in [2.75, 3.05) is 30.9 Å². The Morgan fingerprint density at radius 3 is 2.29 bits per heavy atom. The average molecular weight is 328 g/mol. The predicted molar refractivity (Wildman–Crippen MR) is 86.0 cm³/mol. The van der Waals surface area contributed by atoms with E-state index in [2.05, 4.69) is 5.32 Å². The molecule has 7 heteroatoms. The normalized spacial score (nSPS) is 17.6. The third-order valence-electron chi connectivity index (χ3n) is 3.65. The fourth-order valence-corrected chi connectivity index (χ4v) is 3.65. The first kappa shape index (κ1) is 16.3. The number of carbonyl (C=O) groups excluding carboxylic acids is 1. The number of benzene rings is 1. The minimum absolute atomic E-state index is 0.0277. The van der Waals surface area contributed by atoms with Gasteiger partial charge in [-0.05, 0) is 43.4 Å². The number of nitrogens with zero attached hydrogens (tertiary/aromatic N) is 1. The zero-order chi connectivity index (χ0) is 15.5. The fraction of sp³-hybridized carbons (Fsp3) is 0.500. The number of thioether (sulfide) groups is 1. The average Bonchev–Trinajstić information content (AvgIpc) is 2.47. The third-order valence-corrected chi connectivity index (χ3v) is 5.70. The van der Waals surface area contributed by atoms with Gasteiger partial charge in [-0.3, -0.25) is 4.79 Å². The highest BCUT2D eigenvalue weighted by atomic mass is 32.2. The summed E-state index contributed by atoms with van der Waals surface area (Å²) in [5.74, 6) is -0.150. The Morgan fingerprint density at radius 2 is 1.81 bits per heavy atom. The SMILES string of the molecule is CSc1ccc(NC(=O)C2CCN(S(C)(=O)=O)CC2)cc1. The molecule has 1 aromatic carbocycles. The predicted octanol–water partition coefficient (Wildman–Crippen LogP) is 2.02. The van der Waals surface area contributed by atoms with Crippen LogP contribution < -0.4 is 5.32 Å². The Kier molecular flexibility index (Phi) is 5.29. The smallest absolute Gasteiger partial charge is 0.227 e. The van der Waals surface area contributed by atoms with E-state index in [0.29, 0.717) is 25.9 Å². The number of anilines is 1. The zero-order valence-corrected chi connectivity index (χ0v) is 13.8. The van der Waals surface area contributed by atoms with Gasteiger partial charge in [0.05, 0.1) is 6.26 Å². The molecule has 1 aromatic rings. The van der Waals surface area contributed by atoms with Crippen LogP contribution in [0, 0.1) is 5.92 Å². The van der Waals surface area contributed by atoms with Crippen molar-refractivity contribution in [3.05, 3.63) is 24.3 Å². The quantitative estimate of drug-likeness (QED) is 0.859. The second-order valence-electron chi connectivity index (χ2n) is 5.15. The van der Waals surface area contributed by atoms with Gasteiger partial charge in [-0.15, -0.1) is 11.8 Å². The summed E-state index contributed by atoms with van der Waals surface area (Å²) in [6.07, 6.45) is 4.35. The summed E-state index contributed by atoms with van der Waals surface area (Å²) in [7, 11) is -3.14. The number of rotatable bonds is 4. The van der Waals surface area contributed by atoms with Crippen molar-refractivity contribution in [2.24, 2.45) is 5.92 Å². The van der Waals surface area contributed by atoms with Gasteiger partial charge in [0.2, 0.25) is 15.9 Å². The van der Waals surface area contributed by atoms with Gasteiger partial charge < -0.3 is 5.32 Å². The van der Waals surface area contributed by atoms with Gasteiger partial charge >= 0.3 is 0 Å². The van der Waals surface area contributed by atoms with Crippen LogP contribution in [0.25, 0.3) is 0 Å². The van der Waals surface area contributed by atoms with Crippen molar-refractivity contribution in [3.63, 3.8) is 0 Å². The number of nitrogens with one attached hydrogen (secondary N) is 1. The molecular weight excluding hydrogens is 308 g/mol. The molecule has 0 bridgehead atoms. The molecule has 0 unspecified atom stereocenters. The van der Waals surface area contributed by atoms with E-state index in [9.17, 15) is 13.2 Å². The maximum Gasteiger partial charge on any atom is 0.227 e. The Hall–Kier alpha value is -1.05. The summed E-state index contributed by atoms with van der Waals surface area (Å²) >= 11 is 1.65. The minimum Gasteiger partial charge on any atom is -0.326 e. The van der Waals surface area contributed by atoms with E-state index in [4.69, 9.17) is 0 Å². The largest absolute Gasteiger partial charge is 0.326 e. The highest BCUT2D eigenvalue weighted by molar-refractivity contribution is 7.98. The van der Waals surface area contributed by atoms with Crippen LogP contribution in [0.4, 0.5) is 5.69 Å². The first-order valence-corrected chi connectivity index (χ1v) is 9.87.